The Morgan fingerprint density at radius 1 is 1.24 bits per heavy atom. The number of anilines is 1. The molecule has 1 saturated heterocycles. The summed E-state index contributed by atoms with van der Waals surface area (Å²) in [4.78, 5) is 30.8. The highest BCUT2D eigenvalue weighted by atomic mass is 16.6. The van der Waals surface area contributed by atoms with Crippen molar-refractivity contribution in [2.45, 2.75) is 31.5 Å². The lowest BCUT2D eigenvalue weighted by molar-refractivity contribution is -0.137. The lowest BCUT2D eigenvalue weighted by atomic mass is 10.1. The van der Waals surface area contributed by atoms with E-state index in [1.54, 1.807) is 20.2 Å². The van der Waals surface area contributed by atoms with Crippen LogP contribution in [0.2, 0.25) is 0 Å². The van der Waals surface area contributed by atoms with Crippen molar-refractivity contribution < 1.29 is 29.3 Å². The molecule has 0 aliphatic carbocycles. The van der Waals surface area contributed by atoms with Crippen LogP contribution < -0.4 is 15.5 Å². The predicted octanol–water partition coefficient (Wildman–Crippen LogP) is -0.189. The number of aliphatic hydroxyl groups is 2. The van der Waals surface area contributed by atoms with Crippen molar-refractivity contribution in [3.05, 3.63) is 36.8 Å². The van der Waals surface area contributed by atoms with Crippen molar-refractivity contribution in [3.8, 4) is 23.0 Å². The number of nitrogens with zero attached hydrogens (tertiary/aromatic N) is 7. The molecule has 0 unspecified atom stereocenters. The van der Waals surface area contributed by atoms with Crippen molar-refractivity contribution >= 4 is 22.9 Å². The highest BCUT2D eigenvalue weighted by molar-refractivity contribution is 5.84. The second kappa shape index (κ2) is 10.1. The Hall–Kier alpha value is -4.18. The first-order valence-corrected chi connectivity index (χ1v) is 11.4. The van der Waals surface area contributed by atoms with Crippen LogP contribution in [-0.2, 0) is 14.4 Å². The molecule has 0 bridgehead atoms. The van der Waals surface area contributed by atoms with Gasteiger partial charge in [-0.2, -0.15) is 14.6 Å². The topological polar surface area (TPSA) is 184 Å². The first-order valence-electron chi connectivity index (χ1n) is 11.4. The molecule has 15 nitrogen and oxygen atoms in total. The van der Waals surface area contributed by atoms with Gasteiger partial charge in [0.15, 0.2) is 29.3 Å². The third kappa shape index (κ3) is 4.44. The Balaban J connectivity index is 1.56. The number of amides is 1. The Morgan fingerprint density at radius 2 is 2.08 bits per heavy atom. The number of carbonyl (C=O) groups is 1. The van der Waals surface area contributed by atoms with Gasteiger partial charge in [0.2, 0.25) is 0 Å². The van der Waals surface area contributed by atoms with E-state index in [1.165, 1.54) is 22.6 Å². The van der Waals surface area contributed by atoms with Crippen LogP contribution in [0.5, 0.6) is 5.75 Å². The standard InChI is InChI=1S/C22H25N9O6/c1-4-36-28-18-14-19(30(10-24-14)21-16(33)15(32)17(37-21)20(34)23-2)26-22(25-18)31-9-13(27-29-31)11-6-5-7-12(8-11)35-3/h5-10,15-17,21,32-33H,4H2,1-3H3,(H,23,34)(H,25,26,28)/t15-,16+,17-,21+/m0/s1. The maximum absolute atomic E-state index is 12.1. The lowest BCUT2D eigenvalue weighted by Gasteiger charge is -2.17. The Kier molecular flexibility index (Phi) is 6.66. The largest absolute Gasteiger partial charge is 0.497 e. The van der Waals surface area contributed by atoms with Gasteiger partial charge in [-0.3, -0.25) is 14.2 Å². The SMILES string of the molecule is CCONc1nc(-n2cc(-c3cccc(OC)c3)nn2)nc2c1ncn2[C@@H]1O[C@H](C(=O)NC)[C@@H](O)[C@H]1O. The molecule has 3 aromatic heterocycles. The third-order valence-electron chi connectivity index (χ3n) is 5.80. The van der Waals surface area contributed by atoms with Crippen molar-refractivity contribution in [2.24, 2.45) is 0 Å². The highest BCUT2D eigenvalue weighted by Gasteiger charge is 2.47. The number of methoxy groups -OCH3 is 1. The second-order valence-corrected chi connectivity index (χ2v) is 8.05. The third-order valence-corrected chi connectivity index (χ3v) is 5.80. The van der Waals surface area contributed by atoms with Crippen molar-refractivity contribution in [1.29, 1.82) is 0 Å². The van der Waals surface area contributed by atoms with E-state index in [4.69, 9.17) is 14.3 Å². The fraction of sp³-hybridized carbons (Fsp3) is 0.364. The Bertz CT molecular complexity index is 1420. The molecule has 0 radical (unpaired) electrons. The zero-order valence-electron chi connectivity index (χ0n) is 20.1. The highest BCUT2D eigenvalue weighted by Crippen LogP contribution is 2.33. The molecule has 0 spiro atoms. The van der Waals surface area contributed by atoms with Gasteiger partial charge in [0, 0.05) is 12.6 Å². The zero-order valence-corrected chi connectivity index (χ0v) is 20.1. The summed E-state index contributed by atoms with van der Waals surface area (Å²) in [6.45, 7) is 2.14. The molecule has 1 aliphatic heterocycles. The van der Waals surface area contributed by atoms with Crippen LogP contribution >= 0.6 is 0 Å². The van der Waals surface area contributed by atoms with Gasteiger partial charge in [-0.1, -0.05) is 17.3 Å². The minimum atomic E-state index is -1.45. The van der Waals surface area contributed by atoms with Gasteiger partial charge >= 0.3 is 0 Å². The molecule has 4 aromatic rings. The number of aromatic nitrogens is 7. The predicted molar refractivity (Wildman–Crippen MR) is 127 cm³/mol. The summed E-state index contributed by atoms with van der Waals surface area (Å²) in [6.07, 6.45) is -2.28. The van der Waals surface area contributed by atoms with Crippen LogP contribution in [0.4, 0.5) is 5.82 Å². The van der Waals surface area contributed by atoms with Crippen molar-refractivity contribution in [2.75, 3.05) is 26.2 Å². The van der Waals surface area contributed by atoms with Crippen LogP contribution in [0.3, 0.4) is 0 Å². The second-order valence-electron chi connectivity index (χ2n) is 8.05. The van der Waals surface area contributed by atoms with Gasteiger partial charge < -0.3 is 25.0 Å². The van der Waals surface area contributed by atoms with E-state index < -0.39 is 30.4 Å². The van der Waals surface area contributed by atoms with E-state index in [2.05, 4.69) is 36.1 Å². The van der Waals surface area contributed by atoms with Gasteiger partial charge in [-0.05, 0) is 19.1 Å². The van der Waals surface area contributed by atoms with Gasteiger partial charge in [0.05, 0.1) is 26.2 Å². The summed E-state index contributed by atoms with van der Waals surface area (Å²) in [6, 6.07) is 7.35. The first kappa shape index (κ1) is 24.5. The molecule has 194 valence electrons. The van der Waals surface area contributed by atoms with Crippen LogP contribution in [0.15, 0.2) is 36.8 Å². The number of carbonyl (C=O) groups excluding carboxylic acids is 1. The van der Waals surface area contributed by atoms with Gasteiger partial charge in [0.1, 0.15) is 23.7 Å². The van der Waals surface area contributed by atoms with E-state index in [1.807, 2.05) is 24.3 Å². The fourth-order valence-corrected chi connectivity index (χ4v) is 3.93. The number of rotatable bonds is 8. The monoisotopic (exact) mass is 511 g/mol. The number of hydrogen-bond donors (Lipinski definition) is 4. The number of aliphatic hydroxyl groups excluding tert-OH is 2. The molecule has 0 saturated carbocycles. The number of likely N-dealkylation sites (N-methyl/N-ethyl adjacent to an activating group) is 1. The van der Waals surface area contributed by atoms with E-state index >= 15 is 0 Å². The maximum Gasteiger partial charge on any atom is 0.256 e. The number of imidazole rings is 1. The Morgan fingerprint density at radius 3 is 2.84 bits per heavy atom. The van der Waals surface area contributed by atoms with Gasteiger partial charge in [0.25, 0.3) is 11.9 Å². The summed E-state index contributed by atoms with van der Waals surface area (Å²) >= 11 is 0. The van der Waals surface area contributed by atoms with Crippen molar-refractivity contribution in [1.82, 2.24) is 39.8 Å². The number of benzene rings is 1. The van der Waals surface area contributed by atoms with E-state index in [0.717, 1.165) is 5.56 Å². The van der Waals surface area contributed by atoms with Crippen molar-refractivity contribution in [3.63, 3.8) is 0 Å². The summed E-state index contributed by atoms with van der Waals surface area (Å²) in [7, 11) is 2.99. The molecule has 37 heavy (non-hydrogen) atoms. The average molecular weight is 511 g/mol. The zero-order chi connectivity index (χ0) is 26.1. The van der Waals surface area contributed by atoms with E-state index in [9.17, 15) is 15.0 Å². The molecular formula is C22H25N9O6. The molecule has 15 heteroatoms. The van der Waals surface area contributed by atoms with E-state index in [0.29, 0.717) is 23.6 Å². The molecule has 4 N–H and O–H groups in total. The lowest BCUT2D eigenvalue weighted by Crippen LogP contribution is -2.41. The van der Waals surface area contributed by atoms with Crippen LogP contribution in [0.1, 0.15) is 13.2 Å². The van der Waals surface area contributed by atoms with Crippen LogP contribution in [0.25, 0.3) is 28.4 Å². The molecule has 4 atom stereocenters. The molecule has 4 heterocycles. The average Bonchev–Trinajstić information content (AvgIpc) is 3.65. The number of fused-ring (bicyclic) bond motifs is 1. The summed E-state index contributed by atoms with van der Waals surface area (Å²) in [5, 5.41) is 31.8. The quantitative estimate of drug-likeness (QED) is 0.229. The number of nitrogens with one attached hydrogen (secondary N) is 2. The molecule has 1 aromatic carbocycles. The number of ether oxygens (including phenoxy) is 2. The summed E-state index contributed by atoms with van der Waals surface area (Å²) in [5.41, 5.74) is 4.62. The first-order chi connectivity index (χ1) is 17.9. The normalized spacial score (nSPS) is 21.3. The molecule has 1 aliphatic rings. The minimum Gasteiger partial charge on any atom is -0.497 e. The number of hydrogen-bond acceptors (Lipinski definition) is 12. The van der Waals surface area contributed by atoms with Gasteiger partial charge in [-0.15, -0.1) is 5.10 Å². The maximum atomic E-state index is 12.1. The molecule has 1 fully saturated rings. The Labute approximate surface area is 210 Å². The summed E-state index contributed by atoms with van der Waals surface area (Å²) < 4.78 is 13.8. The smallest absolute Gasteiger partial charge is 0.256 e. The van der Waals surface area contributed by atoms with Crippen LogP contribution in [0, 0.1) is 0 Å². The van der Waals surface area contributed by atoms with Crippen LogP contribution in [-0.4, -0.2) is 89.7 Å². The summed E-state index contributed by atoms with van der Waals surface area (Å²) in [5.74, 6) is 0.452. The fourth-order valence-electron chi connectivity index (χ4n) is 3.93. The molecular weight excluding hydrogens is 486 g/mol. The molecule has 1 amide bonds. The minimum absolute atomic E-state index is 0.119. The molecule has 5 rings (SSSR count). The van der Waals surface area contributed by atoms with E-state index in [-0.39, 0.29) is 17.4 Å². The van der Waals surface area contributed by atoms with Gasteiger partial charge in [-0.25, -0.2) is 10.5 Å².